The molecule has 3 aromatic rings. The first kappa shape index (κ1) is 22.8. The lowest BCUT2D eigenvalue weighted by molar-refractivity contribution is 0.0684. The number of methoxy groups -OCH3 is 1. The number of carbonyl (C=O) groups is 2. The second kappa shape index (κ2) is 8.89. The molecule has 11 nitrogen and oxygen atoms in total. The van der Waals surface area contributed by atoms with Crippen LogP contribution in [0.15, 0.2) is 29.3 Å². The Labute approximate surface area is 192 Å². The van der Waals surface area contributed by atoms with E-state index in [2.05, 4.69) is 15.6 Å². The zero-order valence-electron chi connectivity index (χ0n) is 18.1. The average Bonchev–Trinajstić information content (AvgIpc) is 3.65. The Bertz CT molecular complexity index is 1350. The molecule has 1 aromatic carbocycles. The number of nitrogen functional groups attached to an aromatic ring is 1. The van der Waals surface area contributed by atoms with Crippen LogP contribution in [-0.2, 0) is 0 Å². The van der Waals surface area contributed by atoms with Gasteiger partial charge in [0.2, 0.25) is 5.43 Å². The molecule has 1 aliphatic carbocycles. The molecule has 1 fully saturated rings. The number of nitrogens with two attached hydrogens (primary N) is 1. The van der Waals surface area contributed by atoms with E-state index in [1.54, 1.807) is 4.57 Å². The van der Waals surface area contributed by atoms with Crippen LogP contribution in [0.4, 0.5) is 21.6 Å². The summed E-state index contributed by atoms with van der Waals surface area (Å²) >= 11 is 0. The number of hydrogen-bond acceptors (Lipinski definition) is 8. The minimum Gasteiger partial charge on any atom is -0.492 e. The number of pyridine rings is 2. The predicted octanol–water partition coefficient (Wildman–Crippen LogP) is 2.38. The van der Waals surface area contributed by atoms with Gasteiger partial charge in [-0.3, -0.25) is 4.79 Å². The molecule has 0 saturated heterocycles. The maximum absolute atomic E-state index is 15.3. The summed E-state index contributed by atoms with van der Waals surface area (Å²) < 4.78 is 22.3. The number of ether oxygens (including phenoxy) is 1. The van der Waals surface area contributed by atoms with Crippen molar-refractivity contribution in [3.05, 3.63) is 51.7 Å². The summed E-state index contributed by atoms with van der Waals surface area (Å²) in [6.07, 6.45) is 4.02. The second-order valence-electron chi connectivity index (χ2n) is 7.77. The number of aromatic nitrogens is 2. The molecule has 0 atom stereocenters. The van der Waals surface area contributed by atoms with Crippen molar-refractivity contribution in [3.63, 3.8) is 0 Å². The molecule has 1 aliphatic rings. The standard InChI is InChI=1S/C22H22FN5O6/c1-34-20-17(26-7-6-25-13-5-2-10(8-27-13)21(30)31)15(23)16(24)14-18(20)28(11-3-4-11)9-12(19(14)29)22(32)33/h2,5,8-9,11,26H,3-4,6-7,24H2,1H3,(H,25,27)(H,30,31)(H,32,33). The lowest BCUT2D eigenvalue weighted by Crippen LogP contribution is -2.22. The lowest BCUT2D eigenvalue weighted by Gasteiger charge is -2.20. The van der Waals surface area contributed by atoms with Crippen LogP contribution in [0.5, 0.6) is 5.75 Å². The zero-order valence-corrected chi connectivity index (χ0v) is 18.1. The first-order valence-corrected chi connectivity index (χ1v) is 10.4. The highest BCUT2D eigenvalue weighted by Gasteiger charge is 2.31. The van der Waals surface area contributed by atoms with Gasteiger partial charge in [-0.05, 0) is 25.0 Å². The van der Waals surface area contributed by atoms with E-state index in [0.717, 1.165) is 12.8 Å². The molecule has 0 aliphatic heterocycles. The van der Waals surface area contributed by atoms with Gasteiger partial charge in [-0.1, -0.05) is 0 Å². The number of fused-ring (bicyclic) bond motifs is 1. The fourth-order valence-corrected chi connectivity index (χ4v) is 3.73. The van der Waals surface area contributed by atoms with Crippen LogP contribution in [0.1, 0.15) is 39.6 Å². The van der Waals surface area contributed by atoms with Crippen molar-refractivity contribution in [3.8, 4) is 5.75 Å². The van der Waals surface area contributed by atoms with E-state index in [9.17, 15) is 19.5 Å². The quantitative estimate of drug-likeness (QED) is 0.231. The summed E-state index contributed by atoms with van der Waals surface area (Å²) in [5, 5.41) is 24.0. The highest BCUT2D eigenvalue weighted by atomic mass is 19.1. The SMILES string of the molecule is COc1c(NCCNc2ccc(C(=O)O)cn2)c(F)c(N)c2c(=O)c(C(=O)O)cn(C3CC3)c12. The van der Waals surface area contributed by atoms with Gasteiger partial charge in [-0.2, -0.15) is 0 Å². The summed E-state index contributed by atoms with van der Waals surface area (Å²) in [4.78, 5) is 39.3. The van der Waals surface area contributed by atoms with E-state index < -0.39 is 34.4 Å². The Morgan fingerprint density at radius 1 is 1.24 bits per heavy atom. The smallest absolute Gasteiger partial charge is 0.341 e. The van der Waals surface area contributed by atoms with Crippen LogP contribution in [0, 0.1) is 5.82 Å². The van der Waals surface area contributed by atoms with Gasteiger partial charge in [0, 0.05) is 31.5 Å². The van der Waals surface area contributed by atoms with Crippen molar-refractivity contribution < 1.29 is 28.9 Å². The van der Waals surface area contributed by atoms with Crippen molar-refractivity contribution in [2.45, 2.75) is 18.9 Å². The van der Waals surface area contributed by atoms with E-state index in [4.69, 9.17) is 15.6 Å². The molecular weight excluding hydrogens is 449 g/mol. The van der Waals surface area contributed by atoms with Crippen LogP contribution in [0.2, 0.25) is 0 Å². The van der Waals surface area contributed by atoms with Gasteiger partial charge in [0.05, 0.1) is 29.3 Å². The van der Waals surface area contributed by atoms with E-state index in [0.29, 0.717) is 5.82 Å². The maximum Gasteiger partial charge on any atom is 0.341 e. The molecule has 0 spiro atoms. The number of nitrogens with one attached hydrogen (secondary N) is 2. The van der Waals surface area contributed by atoms with Gasteiger partial charge in [0.25, 0.3) is 0 Å². The molecular formula is C22H22FN5O6. The molecule has 0 bridgehead atoms. The van der Waals surface area contributed by atoms with Gasteiger partial charge in [-0.25, -0.2) is 19.0 Å². The number of benzene rings is 1. The van der Waals surface area contributed by atoms with Gasteiger partial charge < -0.3 is 35.9 Å². The summed E-state index contributed by atoms with van der Waals surface area (Å²) in [7, 11) is 1.33. The van der Waals surface area contributed by atoms with Crippen LogP contribution in [0.25, 0.3) is 10.9 Å². The van der Waals surface area contributed by atoms with Crippen molar-refractivity contribution in [1.82, 2.24) is 9.55 Å². The molecule has 34 heavy (non-hydrogen) atoms. The van der Waals surface area contributed by atoms with Gasteiger partial charge in [-0.15, -0.1) is 0 Å². The normalized spacial score (nSPS) is 13.0. The van der Waals surface area contributed by atoms with Crippen molar-refractivity contribution in [2.24, 2.45) is 0 Å². The largest absolute Gasteiger partial charge is 0.492 e. The molecule has 1 saturated carbocycles. The zero-order chi connectivity index (χ0) is 24.6. The van der Waals surface area contributed by atoms with E-state index in [1.807, 2.05) is 0 Å². The van der Waals surface area contributed by atoms with Crippen LogP contribution in [-0.4, -0.2) is 51.9 Å². The Morgan fingerprint density at radius 3 is 2.50 bits per heavy atom. The number of nitrogens with zero attached hydrogens (tertiary/aromatic N) is 2. The molecule has 2 heterocycles. The average molecular weight is 471 g/mol. The van der Waals surface area contributed by atoms with Crippen molar-refractivity contribution >= 4 is 40.0 Å². The fraction of sp³-hybridized carbons (Fsp3) is 0.273. The Morgan fingerprint density at radius 2 is 1.94 bits per heavy atom. The van der Waals surface area contributed by atoms with Crippen LogP contribution in [0.3, 0.4) is 0 Å². The van der Waals surface area contributed by atoms with Crippen molar-refractivity contribution in [1.29, 1.82) is 0 Å². The highest BCUT2D eigenvalue weighted by molar-refractivity contribution is 6.03. The van der Waals surface area contributed by atoms with Gasteiger partial charge in [0.1, 0.15) is 17.1 Å². The summed E-state index contributed by atoms with van der Waals surface area (Å²) in [5.41, 5.74) is 4.39. The van der Waals surface area contributed by atoms with Gasteiger partial charge >= 0.3 is 11.9 Å². The number of aromatic carboxylic acids is 2. The number of hydrogen-bond donors (Lipinski definition) is 5. The van der Waals surface area contributed by atoms with Crippen molar-refractivity contribution in [2.75, 3.05) is 36.6 Å². The molecule has 0 amide bonds. The molecule has 0 unspecified atom stereocenters. The second-order valence-corrected chi connectivity index (χ2v) is 7.77. The van der Waals surface area contributed by atoms with E-state index in [1.165, 1.54) is 31.6 Å². The highest BCUT2D eigenvalue weighted by Crippen LogP contribution is 2.44. The number of carboxylic acids is 2. The summed E-state index contributed by atoms with van der Waals surface area (Å²) in [5.74, 6) is -2.95. The van der Waals surface area contributed by atoms with Crippen LogP contribution < -0.4 is 26.5 Å². The third-order valence-corrected chi connectivity index (χ3v) is 5.52. The monoisotopic (exact) mass is 471 g/mol. The van der Waals surface area contributed by atoms with Crippen LogP contribution >= 0.6 is 0 Å². The maximum atomic E-state index is 15.3. The number of anilines is 3. The minimum absolute atomic E-state index is 0.0469. The molecule has 4 rings (SSSR count). The van der Waals surface area contributed by atoms with Gasteiger partial charge in [0.15, 0.2) is 11.6 Å². The topological polar surface area (TPSA) is 169 Å². The third kappa shape index (κ3) is 4.05. The first-order chi connectivity index (χ1) is 16.2. The molecule has 6 N–H and O–H groups in total. The van der Waals surface area contributed by atoms with E-state index >= 15 is 4.39 Å². The summed E-state index contributed by atoms with van der Waals surface area (Å²) in [6.45, 7) is 0.481. The Kier molecular flexibility index (Phi) is 5.97. The molecule has 12 heteroatoms. The molecule has 178 valence electrons. The number of rotatable bonds is 9. The Balaban J connectivity index is 1.66. The summed E-state index contributed by atoms with van der Waals surface area (Å²) in [6, 6.07) is 2.86. The molecule has 0 radical (unpaired) electrons. The lowest BCUT2D eigenvalue weighted by atomic mass is 10.1. The predicted molar refractivity (Wildman–Crippen MR) is 123 cm³/mol. The minimum atomic E-state index is -1.42. The third-order valence-electron chi connectivity index (χ3n) is 5.52. The first-order valence-electron chi connectivity index (χ1n) is 10.4. The number of halogens is 1. The number of carboxylic acid groups (broad SMARTS) is 2. The van der Waals surface area contributed by atoms with E-state index in [-0.39, 0.29) is 47.0 Å². The Hall–Kier alpha value is -4.35. The molecule has 2 aromatic heterocycles. The fourth-order valence-electron chi connectivity index (χ4n) is 3.73.